The summed E-state index contributed by atoms with van der Waals surface area (Å²) >= 11 is 0. The van der Waals surface area contributed by atoms with Crippen molar-refractivity contribution < 1.29 is 0 Å². The molecule has 0 radical (unpaired) electrons. The minimum absolute atomic E-state index is 0.965. The number of anilines is 2. The Balaban J connectivity index is 1.99. The van der Waals surface area contributed by atoms with Gasteiger partial charge in [-0.05, 0) is 24.3 Å². The first-order valence-corrected chi connectivity index (χ1v) is 6.26. The highest BCUT2D eigenvalue weighted by Gasteiger charge is 2.05. The van der Waals surface area contributed by atoms with E-state index in [4.69, 9.17) is 0 Å². The maximum Gasteiger partial charge on any atom is 0.0936 e. The molecule has 2 heteroatoms. The van der Waals surface area contributed by atoms with E-state index in [2.05, 4.69) is 22.4 Å². The lowest BCUT2D eigenvalue weighted by molar-refractivity contribution is 1.32. The Hall–Kier alpha value is -2.61. The van der Waals surface area contributed by atoms with E-state index < -0.39 is 0 Å². The molecule has 3 aromatic rings. The summed E-state index contributed by atoms with van der Waals surface area (Å²) in [7, 11) is 0. The van der Waals surface area contributed by atoms with Gasteiger partial charge >= 0.3 is 0 Å². The topological polar surface area (TPSA) is 24.9 Å². The molecule has 2 aromatic carbocycles. The minimum atomic E-state index is 0.965. The average molecular weight is 246 g/mol. The highest BCUT2D eigenvalue weighted by atomic mass is 14.9. The van der Waals surface area contributed by atoms with Crippen molar-refractivity contribution in [3.63, 3.8) is 0 Å². The van der Waals surface area contributed by atoms with E-state index in [1.54, 1.807) is 0 Å². The number of hydrogen-bond donors (Lipinski definition) is 1. The first-order valence-electron chi connectivity index (χ1n) is 6.26. The maximum atomic E-state index is 4.48. The fourth-order valence-corrected chi connectivity index (χ4v) is 2.01. The molecule has 1 heterocycles. The van der Waals surface area contributed by atoms with Crippen molar-refractivity contribution in [3.8, 4) is 11.3 Å². The molecule has 0 aliphatic heterocycles. The zero-order valence-corrected chi connectivity index (χ0v) is 10.5. The molecule has 3 rings (SSSR count). The summed E-state index contributed by atoms with van der Waals surface area (Å²) in [5, 5.41) is 3.41. The fraction of sp³-hybridized carbons (Fsp3) is 0. The minimum Gasteiger partial charge on any atom is -0.354 e. The summed E-state index contributed by atoms with van der Waals surface area (Å²) < 4.78 is 0. The number of hydrogen-bond acceptors (Lipinski definition) is 2. The van der Waals surface area contributed by atoms with E-state index in [1.165, 1.54) is 0 Å². The molecule has 0 saturated carbocycles. The molecular formula is C17H14N2. The van der Waals surface area contributed by atoms with E-state index in [-0.39, 0.29) is 0 Å². The van der Waals surface area contributed by atoms with E-state index in [0.717, 1.165) is 22.6 Å². The van der Waals surface area contributed by atoms with Crippen molar-refractivity contribution in [2.45, 2.75) is 0 Å². The molecule has 19 heavy (non-hydrogen) atoms. The molecule has 1 N–H and O–H groups in total. The summed E-state index contributed by atoms with van der Waals surface area (Å²) in [6, 6.07) is 24.3. The lowest BCUT2D eigenvalue weighted by atomic mass is 10.1. The van der Waals surface area contributed by atoms with Crippen molar-refractivity contribution >= 4 is 11.4 Å². The number of para-hydroxylation sites is 1. The van der Waals surface area contributed by atoms with Crippen molar-refractivity contribution in [3.05, 3.63) is 79.0 Å². The van der Waals surface area contributed by atoms with Crippen LogP contribution in [0.5, 0.6) is 0 Å². The lowest BCUT2D eigenvalue weighted by Crippen LogP contribution is -1.94. The van der Waals surface area contributed by atoms with Crippen LogP contribution in [0.25, 0.3) is 11.3 Å². The average Bonchev–Trinajstić information content (AvgIpc) is 2.50. The Morgan fingerprint density at radius 1 is 0.684 bits per heavy atom. The van der Waals surface area contributed by atoms with Gasteiger partial charge in [-0.2, -0.15) is 0 Å². The molecule has 0 spiro atoms. The lowest BCUT2D eigenvalue weighted by Gasteiger charge is -2.11. The predicted molar refractivity (Wildman–Crippen MR) is 79.4 cm³/mol. The molecule has 0 unspecified atom stereocenters. The number of nitrogens with one attached hydrogen (secondary N) is 1. The van der Waals surface area contributed by atoms with Crippen LogP contribution < -0.4 is 5.32 Å². The largest absolute Gasteiger partial charge is 0.354 e. The van der Waals surface area contributed by atoms with Crippen LogP contribution in [0.1, 0.15) is 0 Å². The van der Waals surface area contributed by atoms with Crippen molar-refractivity contribution in [2.75, 3.05) is 5.32 Å². The van der Waals surface area contributed by atoms with Gasteiger partial charge in [-0.1, -0.05) is 48.5 Å². The summed E-state index contributed by atoms with van der Waals surface area (Å²) in [5.41, 5.74) is 4.15. The van der Waals surface area contributed by atoms with E-state index >= 15 is 0 Å². The Morgan fingerprint density at radius 3 is 2.11 bits per heavy atom. The van der Waals surface area contributed by atoms with Crippen LogP contribution in [0.15, 0.2) is 79.0 Å². The Morgan fingerprint density at radius 2 is 1.37 bits per heavy atom. The Kier molecular flexibility index (Phi) is 3.24. The second-order valence-corrected chi connectivity index (χ2v) is 4.26. The second kappa shape index (κ2) is 5.36. The van der Waals surface area contributed by atoms with Gasteiger partial charge in [0, 0.05) is 17.4 Å². The normalized spacial score (nSPS) is 10.1. The van der Waals surface area contributed by atoms with Gasteiger partial charge in [0.05, 0.1) is 11.4 Å². The Bertz CT molecular complexity index is 648. The van der Waals surface area contributed by atoms with Crippen molar-refractivity contribution in [2.24, 2.45) is 0 Å². The van der Waals surface area contributed by atoms with Crippen LogP contribution in [-0.2, 0) is 0 Å². The second-order valence-electron chi connectivity index (χ2n) is 4.26. The SMILES string of the molecule is c1ccc(Nc2cccnc2-c2ccccc2)cc1. The van der Waals surface area contributed by atoms with Crippen LogP contribution in [0.3, 0.4) is 0 Å². The quantitative estimate of drug-likeness (QED) is 0.736. The number of rotatable bonds is 3. The third kappa shape index (κ3) is 2.63. The van der Waals surface area contributed by atoms with Gasteiger partial charge in [0.1, 0.15) is 0 Å². The molecular weight excluding hydrogens is 232 g/mol. The van der Waals surface area contributed by atoms with Crippen LogP contribution in [0.4, 0.5) is 11.4 Å². The summed E-state index contributed by atoms with van der Waals surface area (Å²) in [4.78, 5) is 4.48. The monoisotopic (exact) mass is 246 g/mol. The van der Waals surface area contributed by atoms with Gasteiger partial charge in [-0.25, -0.2) is 0 Å². The van der Waals surface area contributed by atoms with E-state index in [0.29, 0.717) is 0 Å². The molecule has 0 aliphatic carbocycles. The van der Waals surface area contributed by atoms with Gasteiger partial charge in [-0.3, -0.25) is 4.98 Å². The van der Waals surface area contributed by atoms with Gasteiger partial charge in [0.15, 0.2) is 0 Å². The highest BCUT2D eigenvalue weighted by Crippen LogP contribution is 2.27. The molecule has 0 fully saturated rings. The molecule has 1 aromatic heterocycles. The van der Waals surface area contributed by atoms with Gasteiger partial charge in [0.25, 0.3) is 0 Å². The predicted octanol–water partition coefficient (Wildman–Crippen LogP) is 4.49. The summed E-state index contributed by atoms with van der Waals surface area (Å²) in [6.45, 7) is 0. The molecule has 0 atom stereocenters. The highest BCUT2D eigenvalue weighted by molar-refractivity contribution is 5.77. The standard InChI is InChI=1S/C17H14N2/c1-3-8-14(9-4-1)17-16(12-7-13-18-17)19-15-10-5-2-6-11-15/h1-13,19H. The van der Waals surface area contributed by atoms with Crippen LogP contribution in [0.2, 0.25) is 0 Å². The molecule has 92 valence electrons. The third-order valence-electron chi connectivity index (χ3n) is 2.91. The first kappa shape index (κ1) is 11.5. The number of nitrogens with zero attached hydrogens (tertiary/aromatic N) is 1. The third-order valence-corrected chi connectivity index (χ3v) is 2.91. The Labute approximate surface area is 112 Å². The number of benzene rings is 2. The van der Waals surface area contributed by atoms with Crippen LogP contribution in [-0.4, -0.2) is 4.98 Å². The van der Waals surface area contributed by atoms with E-state index in [9.17, 15) is 0 Å². The summed E-state index contributed by atoms with van der Waals surface area (Å²) in [6.07, 6.45) is 1.82. The zero-order chi connectivity index (χ0) is 12.9. The van der Waals surface area contributed by atoms with Crippen molar-refractivity contribution in [1.82, 2.24) is 4.98 Å². The fourth-order valence-electron chi connectivity index (χ4n) is 2.01. The van der Waals surface area contributed by atoms with E-state index in [1.807, 2.05) is 66.9 Å². The smallest absolute Gasteiger partial charge is 0.0936 e. The van der Waals surface area contributed by atoms with Crippen molar-refractivity contribution in [1.29, 1.82) is 0 Å². The zero-order valence-electron chi connectivity index (χ0n) is 10.5. The van der Waals surface area contributed by atoms with Crippen LogP contribution in [0, 0.1) is 0 Å². The van der Waals surface area contributed by atoms with Gasteiger partial charge in [-0.15, -0.1) is 0 Å². The molecule has 0 aliphatic rings. The molecule has 2 nitrogen and oxygen atoms in total. The first-order chi connectivity index (χ1) is 9.43. The number of aromatic nitrogens is 1. The van der Waals surface area contributed by atoms with Gasteiger partial charge in [0.2, 0.25) is 0 Å². The molecule has 0 amide bonds. The maximum absolute atomic E-state index is 4.48. The molecule has 0 saturated heterocycles. The molecule has 0 bridgehead atoms. The van der Waals surface area contributed by atoms with Gasteiger partial charge < -0.3 is 5.32 Å². The van der Waals surface area contributed by atoms with Crippen LogP contribution >= 0.6 is 0 Å². The number of pyridine rings is 1. The summed E-state index contributed by atoms with van der Waals surface area (Å²) in [5.74, 6) is 0.